The van der Waals surface area contributed by atoms with E-state index in [9.17, 15) is 9.59 Å². The monoisotopic (exact) mass is 257 g/mol. The van der Waals surface area contributed by atoms with Crippen LogP contribution in [0.25, 0.3) is 0 Å². The first kappa shape index (κ1) is 14.8. The molecule has 0 unspecified atom stereocenters. The van der Waals surface area contributed by atoms with Gasteiger partial charge in [0.05, 0.1) is 0 Å². The van der Waals surface area contributed by atoms with Crippen LogP contribution >= 0.6 is 0 Å². The van der Waals surface area contributed by atoms with Crippen LogP contribution < -0.4 is 0 Å². The number of carboxylic acids is 1. The van der Waals surface area contributed by atoms with Gasteiger partial charge in [0.25, 0.3) is 0 Å². The maximum Gasteiger partial charge on any atom is 0.323 e. The van der Waals surface area contributed by atoms with Gasteiger partial charge in [0, 0.05) is 19.6 Å². The van der Waals surface area contributed by atoms with Crippen LogP contribution in [0.1, 0.15) is 19.3 Å². The SMILES string of the molecule is CN(C)CCCN(C)C(=O)N(CC(=O)O)C1CC1. The Morgan fingerprint density at radius 1 is 1.17 bits per heavy atom. The zero-order chi connectivity index (χ0) is 13.7. The molecule has 1 aliphatic carbocycles. The number of carboxylic acid groups (broad SMARTS) is 1. The molecule has 0 spiro atoms. The highest BCUT2D eigenvalue weighted by atomic mass is 16.4. The van der Waals surface area contributed by atoms with E-state index in [-0.39, 0.29) is 18.6 Å². The summed E-state index contributed by atoms with van der Waals surface area (Å²) in [6.07, 6.45) is 2.73. The molecule has 2 amide bonds. The molecule has 1 N–H and O–H groups in total. The van der Waals surface area contributed by atoms with E-state index in [1.54, 1.807) is 11.9 Å². The lowest BCUT2D eigenvalue weighted by molar-refractivity contribution is -0.137. The number of hydrogen-bond acceptors (Lipinski definition) is 3. The molecule has 1 rings (SSSR count). The molecular weight excluding hydrogens is 234 g/mol. The molecule has 0 aromatic carbocycles. The summed E-state index contributed by atoms with van der Waals surface area (Å²) < 4.78 is 0. The molecule has 1 saturated carbocycles. The molecule has 6 nitrogen and oxygen atoms in total. The molecule has 0 saturated heterocycles. The first-order valence-electron chi connectivity index (χ1n) is 6.30. The normalized spacial score (nSPS) is 14.7. The molecule has 1 fully saturated rings. The molecule has 6 heteroatoms. The van der Waals surface area contributed by atoms with Gasteiger partial charge in [-0.2, -0.15) is 0 Å². The molecule has 104 valence electrons. The van der Waals surface area contributed by atoms with Crippen molar-refractivity contribution in [1.82, 2.24) is 14.7 Å². The van der Waals surface area contributed by atoms with Crippen LogP contribution in [0.3, 0.4) is 0 Å². The van der Waals surface area contributed by atoms with Gasteiger partial charge in [-0.15, -0.1) is 0 Å². The summed E-state index contributed by atoms with van der Waals surface area (Å²) in [7, 11) is 5.71. The predicted octanol–water partition coefficient (Wildman–Crippen LogP) is 0.539. The van der Waals surface area contributed by atoms with E-state index in [0.29, 0.717) is 6.54 Å². The fourth-order valence-electron chi connectivity index (χ4n) is 1.82. The highest BCUT2D eigenvalue weighted by Crippen LogP contribution is 2.27. The molecule has 0 radical (unpaired) electrons. The topological polar surface area (TPSA) is 64.1 Å². The third-order valence-electron chi connectivity index (χ3n) is 2.96. The van der Waals surface area contributed by atoms with Gasteiger partial charge in [0.2, 0.25) is 0 Å². The summed E-state index contributed by atoms with van der Waals surface area (Å²) in [5, 5.41) is 8.82. The molecule has 0 heterocycles. The average molecular weight is 257 g/mol. The fourth-order valence-corrected chi connectivity index (χ4v) is 1.82. The number of hydrogen-bond donors (Lipinski definition) is 1. The second-order valence-corrected chi connectivity index (χ2v) is 5.11. The van der Waals surface area contributed by atoms with Crippen LogP contribution in [-0.2, 0) is 4.79 Å². The second kappa shape index (κ2) is 6.58. The van der Waals surface area contributed by atoms with Crippen molar-refractivity contribution in [3.63, 3.8) is 0 Å². The van der Waals surface area contributed by atoms with E-state index in [4.69, 9.17) is 5.11 Å². The zero-order valence-corrected chi connectivity index (χ0v) is 11.4. The lowest BCUT2D eigenvalue weighted by Crippen LogP contribution is -2.45. The fraction of sp³-hybridized carbons (Fsp3) is 0.833. The molecule has 0 aliphatic heterocycles. The average Bonchev–Trinajstić information content (AvgIpc) is 3.07. The smallest absolute Gasteiger partial charge is 0.323 e. The molecular formula is C12H23N3O3. The highest BCUT2D eigenvalue weighted by molar-refractivity contribution is 5.80. The minimum atomic E-state index is -0.947. The van der Waals surface area contributed by atoms with Crippen molar-refractivity contribution in [2.75, 3.05) is 40.8 Å². The summed E-state index contributed by atoms with van der Waals surface area (Å²) in [6, 6.07) is -0.0384. The second-order valence-electron chi connectivity index (χ2n) is 5.11. The van der Waals surface area contributed by atoms with Gasteiger partial charge in [-0.25, -0.2) is 4.79 Å². The number of rotatable bonds is 7. The lowest BCUT2D eigenvalue weighted by atomic mass is 10.3. The van der Waals surface area contributed by atoms with E-state index in [1.165, 1.54) is 4.90 Å². The minimum absolute atomic E-state index is 0.130. The Bertz CT molecular complexity index is 303. The Morgan fingerprint density at radius 3 is 2.22 bits per heavy atom. The van der Waals surface area contributed by atoms with Crippen LogP contribution in [0.15, 0.2) is 0 Å². The number of amides is 2. The van der Waals surface area contributed by atoms with Gasteiger partial charge in [-0.3, -0.25) is 4.79 Å². The number of urea groups is 1. The van der Waals surface area contributed by atoms with Gasteiger partial charge in [0.15, 0.2) is 0 Å². The number of carbonyl (C=O) groups is 2. The van der Waals surface area contributed by atoms with Crippen LogP contribution in [0.2, 0.25) is 0 Å². The Balaban J connectivity index is 2.41. The maximum atomic E-state index is 12.1. The van der Waals surface area contributed by atoms with Crippen LogP contribution in [0.4, 0.5) is 4.79 Å². The number of nitrogens with zero attached hydrogens (tertiary/aromatic N) is 3. The lowest BCUT2D eigenvalue weighted by Gasteiger charge is -2.27. The highest BCUT2D eigenvalue weighted by Gasteiger charge is 2.35. The summed E-state index contributed by atoms with van der Waals surface area (Å²) >= 11 is 0. The van der Waals surface area contributed by atoms with Crippen molar-refractivity contribution in [3.05, 3.63) is 0 Å². The molecule has 0 aromatic heterocycles. The van der Waals surface area contributed by atoms with E-state index < -0.39 is 5.97 Å². The Labute approximate surface area is 108 Å². The van der Waals surface area contributed by atoms with Crippen molar-refractivity contribution in [2.45, 2.75) is 25.3 Å². The van der Waals surface area contributed by atoms with Crippen molar-refractivity contribution < 1.29 is 14.7 Å². The third kappa shape index (κ3) is 4.91. The van der Waals surface area contributed by atoms with Crippen LogP contribution in [0.5, 0.6) is 0 Å². The number of carbonyl (C=O) groups excluding carboxylic acids is 1. The standard InChI is InChI=1S/C12H23N3O3/c1-13(2)7-4-8-14(3)12(18)15(9-11(16)17)10-5-6-10/h10H,4-9H2,1-3H3,(H,16,17). The van der Waals surface area contributed by atoms with E-state index in [0.717, 1.165) is 25.8 Å². The zero-order valence-electron chi connectivity index (χ0n) is 11.4. The molecule has 18 heavy (non-hydrogen) atoms. The van der Waals surface area contributed by atoms with Crippen LogP contribution in [-0.4, -0.2) is 78.6 Å². The summed E-state index contributed by atoms with van der Waals surface area (Å²) in [5.41, 5.74) is 0. The van der Waals surface area contributed by atoms with Gasteiger partial charge >= 0.3 is 12.0 Å². The third-order valence-corrected chi connectivity index (χ3v) is 2.96. The maximum absolute atomic E-state index is 12.1. The Hall–Kier alpha value is -1.30. The largest absolute Gasteiger partial charge is 0.480 e. The summed E-state index contributed by atoms with van der Waals surface area (Å²) in [4.78, 5) is 28.0. The van der Waals surface area contributed by atoms with E-state index in [1.807, 2.05) is 14.1 Å². The first-order chi connectivity index (χ1) is 8.41. The van der Waals surface area contributed by atoms with Crippen molar-refractivity contribution in [3.8, 4) is 0 Å². The van der Waals surface area contributed by atoms with Gasteiger partial charge in [-0.05, 0) is 39.9 Å². The number of aliphatic carboxylic acids is 1. The first-order valence-corrected chi connectivity index (χ1v) is 6.30. The Morgan fingerprint density at radius 2 is 1.78 bits per heavy atom. The van der Waals surface area contributed by atoms with E-state index in [2.05, 4.69) is 4.90 Å². The van der Waals surface area contributed by atoms with Crippen molar-refractivity contribution >= 4 is 12.0 Å². The minimum Gasteiger partial charge on any atom is -0.480 e. The molecule has 0 bridgehead atoms. The Kier molecular flexibility index (Phi) is 5.40. The van der Waals surface area contributed by atoms with Gasteiger partial charge in [0.1, 0.15) is 6.54 Å². The summed E-state index contributed by atoms with van der Waals surface area (Å²) in [5.74, 6) is -0.947. The van der Waals surface area contributed by atoms with Crippen molar-refractivity contribution in [2.24, 2.45) is 0 Å². The van der Waals surface area contributed by atoms with Gasteiger partial charge in [-0.1, -0.05) is 0 Å². The molecule has 0 atom stereocenters. The van der Waals surface area contributed by atoms with E-state index >= 15 is 0 Å². The molecule has 0 aromatic rings. The van der Waals surface area contributed by atoms with Crippen LogP contribution in [0, 0.1) is 0 Å². The summed E-state index contributed by atoms with van der Waals surface area (Å²) in [6.45, 7) is 1.38. The molecule has 1 aliphatic rings. The van der Waals surface area contributed by atoms with Crippen molar-refractivity contribution in [1.29, 1.82) is 0 Å². The van der Waals surface area contributed by atoms with Gasteiger partial charge < -0.3 is 19.8 Å². The predicted molar refractivity (Wildman–Crippen MR) is 68.6 cm³/mol. The quantitative estimate of drug-likeness (QED) is 0.723.